The maximum absolute atomic E-state index is 11.7. The van der Waals surface area contributed by atoms with E-state index in [4.69, 9.17) is 9.72 Å². The molecule has 0 amide bonds. The number of carboxylic acids is 1. The van der Waals surface area contributed by atoms with E-state index in [0.717, 1.165) is 22.4 Å². The van der Waals surface area contributed by atoms with Crippen molar-refractivity contribution in [2.45, 2.75) is 19.8 Å². The number of para-hydroxylation sites is 1. The highest BCUT2D eigenvalue weighted by Crippen LogP contribution is 2.30. The van der Waals surface area contributed by atoms with Crippen molar-refractivity contribution in [3.8, 4) is 17.0 Å². The molecule has 122 valence electrons. The van der Waals surface area contributed by atoms with Crippen molar-refractivity contribution in [2.24, 2.45) is 0 Å². The van der Waals surface area contributed by atoms with Crippen molar-refractivity contribution in [1.29, 1.82) is 0 Å². The Morgan fingerprint density at radius 1 is 1.12 bits per heavy atom. The number of methoxy groups -OCH3 is 1. The Labute approximate surface area is 140 Å². The Morgan fingerprint density at radius 3 is 2.42 bits per heavy atom. The van der Waals surface area contributed by atoms with Crippen LogP contribution in [0.1, 0.15) is 35.7 Å². The molecule has 0 radical (unpaired) electrons. The van der Waals surface area contributed by atoms with E-state index in [1.54, 1.807) is 13.2 Å². The van der Waals surface area contributed by atoms with Crippen LogP contribution in [0.25, 0.3) is 22.2 Å². The van der Waals surface area contributed by atoms with Gasteiger partial charge in [0.05, 0.1) is 23.9 Å². The van der Waals surface area contributed by atoms with Gasteiger partial charge in [0.1, 0.15) is 5.75 Å². The van der Waals surface area contributed by atoms with E-state index >= 15 is 0 Å². The van der Waals surface area contributed by atoms with Gasteiger partial charge < -0.3 is 9.84 Å². The molecule has 3 aromatic rings. The summed E-state index contributed by atoms with van der Waals surface area (Å²) in [7, 11) is 1.61. The summed E-state index contributed by atoms with van der Waals surface area (Å²) >= 11 is 0. The molecule has 0 saturated carbocycles. The summed E-state index contributed by atoms with van der Waals surface area (Å²) < 4.78 is 5.17. The predicted molar refractivity (Wildman–Crippen MR) is 94.8 cm³/mol. The Bertz CT molecular complexity index is 899. The first-order chi connectivity index (χ1) is 11.5. The van der Waals surface area contributed by atoms with Gasteiger partial charge in [-0.25, -0.2) is 9.78 Å². The van der Waals surface area contributed by atoms with Gasteiger partial charge in [0, 0.05) is 10.9 Å². The van der Waals surface area contributed by atoms with Crippen LogP contribution in [0.4, 0.5) is 0 Å². The van der Waals surface area contributed by atoms with Gasteiger partial charge in [-0.15, -0.1) is 0 Å². The predicted octanol–water partition coefficient (Wildman–Crippen LogP) is 4.73. The molecule has 1 aromatic heterocycles. The normalized spacial score (nSPS) is 11.0. The lowest BCUT2D eigenvalue weighted by Crippen LogP contribution is -2.02. The van der Waals surface area contributed by atoms with Crippen molar-refractivity contribution in [1.82, 2.24) is 4.98 Å². The van der Waals surface area contributed by atoms with Gasteiger partial charge in [0.2, 0.25) is 0 Å². The number of benzene rings is 2. The number of hydrogen-bond donors (Lipinski definition) is 1. The average molecular weight is 321 g/mol. The van der Waals surface area contributed by atoms with Crippen LogP contribution in [0.2, 0.25) is 0 Å². The van der Waals surface area contributed by atoms with Gasteiger partial charge in [0.15, 0.2) is 0 Å². The fraction of sp³-hybridized carbons (Fsp3) is 0.200. The highest BCUT2D eigenvalue weighted by Gasteiger charge is 2.16. The minimum absolute atomic E-state index is 0.258. The zero-order chi connectivity index (χ0) is 17.3. The van der Waals surface area contributed by atoms with Crippen LogP contribution in [-0.2, 0) is 0 Å². The maximum Gasteiger partial charge on any atom is 0.336 e. The number of hydrogen-bond acceptors (Lipinski definition) is 3. The van der Waals surface area contributed by atoms with Crippen molar-refractivity contribution < 1.29 is 14.6 Å². The second-order valence-electron chi connectivity index (χ2n) is 5.99. The Hall–Kier alpha value is -2.88. The van der Waals surface area contributed by atoms with E-state index < -0.39 is 5.97 Å². The van der Waals surface area contributed by atoms with E-state index in [1.807, 2.05) is 42.5 Å². The molecule has 0 fully saturated rings. The van der Waals surface area contributed by atoms with Crippen LogP contribution >= 0.6 is 0 Å². The number of pyridine rings is 1. The van der Waals surface area contributed by atoms with Crippen molar-refractivity contribution >= 4 is 16.9 Å². The number of aromatic carboxylic acids is 1. The quantitative estimate of drug-likeness (QED) is 0.754. The zero-order valence-corrected chi connectivity index (χ0v) is 13.9. The standard InChI is InChI=1S/C20H19NO3/c1-12(2)15-5-4-6-16-17(20(22)23)11-18(21-19(15)16)13-7-9-14(24-3)10-8-13/h4-12H,1-3H3,(H,22,23). The monoisotopic (exact) mass is 321 g/mol. The Balaban J connectivity index is 2.28. The highest BCUT2D eigenvalue weighted by molar-refractivity contribution is 6.04. The zero-order valence-electron chi connectivity index (χ0n) is 13.9. The van der Waals surface area contributed by atoms with Gasteiger partial charge in [-0.2, -0.15) is 0 Å². The Kier molecular flexibility index (Phi) is 4.21. The number of rotatable bonds is 4. The summed E-state index contributed by atoms with van der Waals surface area (Å²) in [5.74, 6) is 0.0629. The molecule has 24 heavy (non-hydrogen) atoms. The number of carboxylic acid groups (broad SMARTS) is 1. The van der Waals surface area contributed by atoms with E-state index in [1.165, 1.54) is 0 Å². The molecule has 0 atom stereocenters. The number of carbonyl (C=O) groups is 1. The number of aromatic nitrogens is 1. The van der Waals surface area contributed by atoms with E-state index in [-0.39, 0.29) is 11.5 Å². The summed E-state index contributed by atoms with van der Waals surface area (Å²) in [5.41, 5.74) is 3.58. The molecule has 0 bridgehead atoms. The van der Waals surface area contributed by atoms with Crippen LogP contribution in [-0.4, -0.2) is 23.2 Å². The molecule has 1 N–H and O–H groups in total. The van der Waals surface area contributed by atoms with E-state index in [0.29, 0.717) is 11.1 Å². The molecule has 4 heteroatoms. The number of fused-ring (bicyclic) bond motifs is 1. The first-order valence-electron chi connectivity index (χ1n) is 7.82. The van der Waals surface area contributed by atoms with E-state index in [9.17, 15) is 9.90 Å². The highest BCUT2D eigenvalue weighted by atomic mass is 16.5. The smallest absolute Gasteiger partial charge is 0.336 e. The molecule has 0 spiro atoms. The molecule has 0 aliphatic carbocycles. The van der Waals surface area contributed by atoms with Gasteiger partial charge >= 0.3 is 5.97 Å². The van der Waals surface area contributed by atoms with Gasteiger partial charge in [-0.05, 0) is 41.8 Å². The van der Waals surface area contributed by atoms with Crippen LogP contribution < -0.4 is 4.74 Å². The fourth-order valence-electron chi connectivity index (χ4n) is 2.82. The first-order valence-corrected chi connectivity index (χ1v) is 7.82. The minimum atomic E-state index is -0.946. The van der Waals surface area contributed by atoms with Crippen LogP contribution in [0.15, 0.2) is 48.5 Å². The summed E-state index contributed by atoms with van der Waals surface area (Å²) in [5, 5.41) is 10.3. The lowest BCUT2D eigenvalue weighted by molar-refractivity contribution is 0.0699. The van der Waals surface area contributed by atoms with Crippen LogP contribution in [0, 0.1) is 0 Å². The molecular formula is C20H19NO3. The van der Waals surface area contributed by atoms with Gasteiger partial charge in [-0.1, -0.05) is 32.0 Å². The largest absolute Gasteiger partial charge is 0.497 e. The molecular weight excluding hydrogens is 302 g/mol. The second-order valence-corrected chi connectivity index (χ2v) is 5.99. The lowest BCUT2D eigenvalue weighted by atomic mass is 9.96. The van der Waals surface area contributed by atoms with Crippen molar-refractivity contribution in [2.75, 3.05) is 7.11 Å². The summed E-state index contributed by atoms with van der Waals surface area (Å²) in [6.07, 6.45) is 0. The molecule has 0 aliphatic rings. The SMILES string of the molecule is COc1ccc(-c2cc(C(=O)O)c3cccc(C(C)C)c3n2)cc1. The van der Waals surface area contributed by atoms with Gasteiger partial charge in [0.25, 0.3) is 0 Å². The van der Waals surface area contributed by atoms with E-state index in [2.05, 4.69) is 13.8 Å². The van der Waals surface area contributed by atoms with Gasteiger partial charge in [-0.3, -0.25) is 0 Å². The molecule has 1 heterocycles. The molecule has 0 aliphatic heterocycles. The van der Waals surface area contributed by atoms with Crippen LogP contribution in [0.5, 0.6) is 5.75 Å². The fourth-order valence-corrected chi connectivity index (χ4v) is 2.82. The maximum atomic E-state index is 11.7. The lowest BCUT2D eigenvalue weighted by Gasteiger charge is -2.13. The third-order valence-electron chi connectivity index (χ3n) is 4.11. The minimum Gasteiger partial charge on any atom is -0.497 e. The number of nitrogens with zero attached hydrogens (tertiary/aromatic N) is 1. The molecule has 0 saturated heterocycles. The van der Waals surface area contributed by atoms with Crippen molar-refractivity contribution in [3.63, 3.8) is 0 Å². The second kappa shape index (κ2) is 6.32. The molecule has 0 unspecified atom stereocenters. The molecule has 3 rings (SSSR count). The molecule has 2 aromatic carbocycles. The number of ether oxygens (including phenoxy) is 1. The third-order valence-corrected chi connectivity index (χ3v) is 4.11. The topological polar surface area (TPSA) is 59.4 Å². The Morgan fingerprint density at radius 2 is 1.83 bits per heavy atom. The summed E-state index contributed by atoms with van der Waals surface area (Å²) in [6, 6.07) is 14.8. The summed E-state index contributed by atoms with van der Waals surface area (Å²) in [6.45, 7) is 4.16. The van der Waals surface area contributed by atoms with Crippen molar-refractivity contribution in [3.05, 3.63) is 59.7 Å². The molecule has 4 nitrogen and oxygen atoms in total. The first kappa shape index (κ1) is 16.0. The van der Waals surface area contributed by atoms with Crippen LogP contribution in [0.3, 0.4) is 0 Å². The summed E-state index contributed by atoms with van der Waals surface area (Å²) in [4.78, 5) is 16.5. The third kappa shape index (κ3) is 2.83. The average Bonchev–Trinajstić information content (AvgIpc) is 2.60.